The molecule has 1 aliphatic rings. The Morgan fingerprint density at radius 2 is 2.00 bits per heavy atom. The summed E-state index contributed by atoms with van der Waals surface area (Å²) in [4.78, 5) is 15.3. The number of rotatable bonds is 0. The van der Waals surface area contributed by atoms with E-state index in [4.69, 9.17) is 0 Å². The summed E-state index contributed by atoms with van der Waals surface area (Å²) in [6.07, 6.45) is 0.691. The molecule has 0 fully saturated rings. The van der Waals surface area contributed by atoms with Gasteiger partial charge < -0.3 is 0 Å². The molecule has 68 valence electrons. The van der Waals surface area contributed by atoms with Gasteiger partial charge in [0.2, 0.25) is 0 Å². The van der Waals surface area contributed by atoms with Crippen molar-refractivity contribution in [1.29, 1.82) is 0 Å². The SMILES string of the molecule is CC1=Nn2c(nc(=O)c(C)c2C)C1. The number of aromatic nitrogens is 2. The van der Waals surface area contributed by atoms with Crippen LogP contribution < -0.4 is 5.56 Å². The molecular formula is C9H11N3O. The van der Waals surface area contributed by atoms with Gasteiger partial charge in [-0.2, -0.15) is 10.1 Å². The maximum absolute atomic E-state index is 11.3. The first-order chi connectivity index (χ1) is 6.09. The highest BCUT2D eigenvalue weighted by atomic mass is 16.1. The Balaban J connectivity index is 2.76. The highest BCUT2D eigenvalue weighted by Crippen LogP contribution is 2.11. The molecule has 1 aliphatic heterocycles. The summed E-state index contributed by atoms with van der Waals surface area (Å²) in [7, 11) is 0. The van der Waals surface area contributed by atoms with Gasteiger partial charge in [0.1, 0.15) is 5.82 Å². The molecule has 2 heterocycles. The van der Waals surface area contributed by atoms with E-state index >= 15 is 0 Å². The lowest BCUT2D eigenvalue weighted by Crippen LogP contribution is -2.18. The molecule has 0 bridgehead atoms. The molecule has 0 saturated heterocycles. The fourth-order valence-electron chi connectivity index (χ4n) is 1.44. The quantitative estimate of drug-likeness (QED) is 0.583. The van der Waals surface area contributed by atoms with E-state index in [-0.39, 0.29) is 5.56 Å². The van der Waals surface area contributed by atoms with Gasteiger partial charge in [-0.05, 0) is 20.8 Å². The van der Waals surface area contributed by atoms with Gasteiger partial charge in [-0.25, -0.2) is 4.68 Å². The van der Waals surface area contributed by atoms with Crippen LogP contribution in [-0.4, -0.2) is 15.4 Å². The number of nitrogens with zero attached hydrogens (tertiary/aromatic N) is 3. The van der Waals surface area contributed by atoms with Crippen LogP contribution >= 0.6 is 0 Å². The highest BCUT2D eigenvalue weighted by Gasteiger charge is 2.16. The standard InChI is InChI=1S/C9H11N3O/c1-5-4-8-10-9(13)6(2)7(3)12(8)11-5/h4H2,1-3H3. The Bertz CT molecular complexity index is 457. The molecule has 0 aromatic carbocycles. The maximum Gasteiger partial charge on any atom is 0.276 e. The predicted molar refractivity (Wildman–Crippen MR) is 50.2 cm³/mol. The maximum atomic E-state index is 11.3. The van der Waals surface area contributed by atoms with Crippen LogP contribution in [0.5, 0.6) is 0 Å². The van der Waals surface area contributed by atoms with Crippen molar-refractivity contribution in [2.75, 3.05) is 0 Å². The average molecular weight is 177 g/mol. The molecule has 4 heteroatoms. The molecule has 0 atom stereocenters. The summed E-state index contributed by atoms with van der Waals surface area (Å²) in [5, 5.41) is 4.29. The van der Waals surface area contributed by atoms with Crippen LogP contribution in [0.15, 0.2) is 9.90 Å². The lowest BCUT2D eigenvalue weighted by Gasteiger charge is -2.05. The van der Waals surface area contributed by atoms with E-state index in [1.807, 2.05) is 13.8 Å². The molecule has 0 amide bonds. The molecule has 1 aromatic rings. The zero-order chi connectivity index (χ0) is 9.59. The Morgan fingerprint density at radius 1 is 1.31 bits per heavy atom. The highest BCUT2D eigenvalue weighted by molar-refractivity contribution is 5.85. The fraction of sp³-hybridized carbons (Fsp3) is 0.444. The van der Waals surface area contributed by atoms with Gasteiger partial charge in [0.15, 0.2) is 0 Å². The van der Waals surface area contributed by atoms with E-state index in [2.05, 4.69) is 10.1 Å². The Labute approximate surface area is 75.9 Å². The minimum atomic E-state index is -0.131. The smallest absolute Gasteiger partial charge is 0.267 e. The third-order valence-corrected chi connectivity index (χ3v) is 2.34. The molecule has 0 saturated carbocycles. The van der Waals surface area contributed by atoms with Crippen molar-refractivity contribution in [2.24, 2.45) is 5.10 Å². The summed E-state index contributed by atoms with van der Waals surface area (Å²) in [5.41, 5.74) is 2.45. The lowest BCUT2D eigenvalue weighted by atomic mass is 10.2. The molecule has 1 aromatic heterocycles. The molecule has 0 spiro atoms. The number of fused-ring (bicyclic) bond motifs is 1. The molecule has 0 unspecified atom stereocenters. The molecule has 4 nitrogen and oxygen atoms in total. The van der Waals surface area contributed by atoms with Crippen LogP contribution in [0.3, 0.4) is 0 Å². The van der Waals surface area contributed by atoms with Crippen LogP contribution in [0.25, 0.3) is 0 Å². The van der Waals surface area contributed by atoms with Gasteiger partial charge in [0.25, 0.3) is 5.56 Å². The van der Waals surface area contributed by atoms with Gasteiger partial charge in [-0.1, -0.05) is 0 Å². The molecule has 2 rings (SSSR count). The van der Waals surface area contributed by atoms with Crippen LogP contribution in [0, 0.1) is 13.8 Å². The van der Waals surface area contributed by atoms with Crippen molar-refractivity contribution in [3.05, 3.63) is 27.4 Å². The number of hydrogen-bond acceptors (Lipinski definition) is 3. The normalized spacial score (nSPS) is 14.2. The van der Waals surface area contributed by atoms with Crippen molar-refractivity contribution in [2.45, 2.75) is 27.2 Å². The largest absolute Gasteiger partial charge is 0.276 e. The van der Waals surface area contributed by atoms with Crippen molar-refractivity contribution in [3.63, 3.8) is 0 Å². The monoisotopic (exact) mass is 177 g/mol. The second-order valence-electron chi connectivity index (χ2n) is 3.37. The van der Waals surface area contributed by atoms with Gasteiger partial charge in [0.05, 0.1) is 0 Å². The second kappa shape index (κ2) is 2.52. The summed E-state index contributed by atoms with van der Waals surface area (Å²) >= 11 is 0. The third kappa shape index (κ3) is 1.09. The van der Waals surface area contributed by atoms with E-state index in [1.165, 1.54) is 0 Å². The molecule has 0 N–H and O–H groups in total. The van der Waals surface area contributed by atoms with E-state index in [0.29, 0.717) is 12.0 Å². The van der Waals surface area contributed by atoms with Crippen LogP contribution in [-0.2, 0) is 6.42 Å². The minimum absolute atomic E-state index is 0.131. The Hall–Kier alpha value is -1.45. The fourth-order valence-corrected chi connectivity index (χ4v) is 1.44. The van der Waals surface area contributed by atoms with E-state index in [9.17, 15) is 4.79 Å². The van der Waals surface area contributed by atoms with Crippen molar-refractivity contribution in [1.82, 2.24) is 9.66 Å². The summed E-state index contributed by atoms with van der Waals surface area (Å²) in [6.45, 7) is 5.61. The van der Waals surface area contributed by atoms with E-state index < -0.39 is 0 Å². The summed E-state index contributed by atoms with van der Waals surface area (Å²) in [5.74, 6) is 0.755. The Morgan fingerprint density at radius 3 is 2.69 bits per heavy atom. The Kier molecular flexibility index (Phi) is 1.58. The van der Waals surface area contributed by atoms with Gasteiger partial charge in [-0.3, -0.25) is 4.79 Å². The molecule has 13 heavy (non-hydrogen) atoms. The first kappa shape index (κ1) is 8.16. The molecule has 0 radical (unpaired) electrons. The zero-order valence-electron chi connectivity index (χ0n) is 7.96. The predicted octanol–water partition coefficient (Wildman–Crippen LogP) is 0.640. The van der Waals surface area contributed by atoms with Crippen molar-refractivity contribution < 1.29 is 0 Å². The van der Waals surface area contributed by atoms with Crippen LogP contribution in [0.2, 0.25) is 0 Å². The third-order valence-electron chi connectivity index (χ3n) is 2.34. The van der Waals surface area contributed by atoms with Crippen molar-refractivity contribution >= 4 is 5.71 Å². The average Bonchev–Trinajstić information content (AvgIpc) is 2.42. The van der Waals surface area contributed by atoms with E-state index in [1.54, 1.807) is 11.6 Å². The van der Waals surface area contributed by atoms with Crippen molar-refractivity contribution in [3.8, 4) is 0 Å². The van der Waals surface area contributed by atoms with Crippen LogP contribution in [0.1, 0.15) is 24.0 Å². The minimum Gasteiger partial charge on any atom is -0.267 e. The van der Waals surface area contributed by atoms with E-state index in [0.717, 1.165) is 17.2 Å². The topological polar surface area (TPSA) is 47.2 Å². The first-order valence-electron chi connectivity index (χ1n) is 4.23. The first-order valence-corrected chi connectivity index (χ1v) is 4.23. The summed E-state index contributed by atoms with van der Waals surface area (Å²) < 4.78 is 1.76. The zero-order valence-corrected chi connectivity index (χ0v) is 7.96. The van der Waals surface area contributed by atoms with Crippen LogP contribution in [0.4, 0.5) is 0 Å². The second-order valence-corrected chi connectivity index (χ2v) is 3.37. The molecule has 0 aliphatic carbocycles. The van der Waals surface area contributed by atoms with Gasteiger partial charge in [-0.15, -0.1) is 0 Å². The van der Waals surface area contributed by atoms with Gasteiger partial charge >= 0.3 is 0 Å². The molecular weight excluding hydrogens is 166 g/mol. The summed E-state index contributed by atoms with van der Waals surface area (Å²) in [6, 6.07) is 0. The van der Waals surface area contributed by atoms with Gasteiger partial charge in [0, 0.05) is 23.4 Å². The number of hydrogen-bond donors (Lipinski definition) is 0. The lowest BCUT2D eigenvalue weighted by molar-refractivity contribution is 0.755.